The first-order valence-electron chi connectivity index (χ1n) is 7.39. The first-order chi connectivity index (χ1) is 11.2. The van der Waals surface area contributed by atoms with Crippen molar-refractivity contribution in [2.45, 2.75) is 13.8 Å². The van der Waals surface area contributed by atoms with Gasteiger partial charge in [0.15, 0.2) is 0 Å². The molecule has 120 valence electrons. The Hall–Kier alpha value is -1.94. The van der Waals surface area contributed by atoms with Crippen molar-refractivity contribution in [1.82, 2.24) is 14.9 Å². The van der Waals surface area contributed by atoms with E-state index in [0.29, 0.717) is 25.4 Å². The summed E-state index contributed by atoms with van der Waals surface area (Å²) in [5.41, 5.74) is 2.56. The van der Waals surface area contributed by atoms with Crippen molar-refractivity contribution < 1.29 is 23.6 Å². The number of aromatic nitrogens is 2. The van der Waals surface area contributed by atoms with Crippen LogP contribution in [0.1, 0.15) is 12.6 Å². The van der Waals surface area contributed by atoms with Gasteiger partial charge in [-0.05, 0) is 31.7 Å². The summed E-state index contributed by atoms with van der Waals surface area (Å²) in [5, 5.41) is 0.988. The molecule has 24 heavy (non-hydrogen) atoms. The molecule has 0 saturated heterocycles. The van der Waals surface area contributed by atoms with Crippen LogP contribution in [0.3, 0.4) is 0 Å². The average molecular weight is 313 g/mol. The zero-order valence-corrected chi connectivity index (χ0v) is 14.6. The Morgan fingerprint density at radius 3 is 3.00 bits per heavy atom. The van der Waals surface area contributed by atoms with Crippen molar-refractivity contribution in [3.05, 3.63) is 55.8 Å². The summed E-state index contributed by atoms with van der Waals surface area (Å²) < 4.78 is 5.70. The van der Waals surface area contributed by atoms with Crippen molar-refractivity contribution in [3.8, 4) is 17.6 Å². The van der Waals surface area contributed by atoms with Crippen molar-refractivity contribution in [3.63, 3.8) is 0 Å². The second-order valence-electron chi connectivity index (χ2n) is 4.92. The normalized spacial score (nSPS) is 9.62. The zero-order chi connectivity index (χ0) is 16.7. The molecule has 0 spiro atoms. The number of fused-ring (bicyclic) bond motifs is 1. The maximum Gasteiger partial charge on any atom is 1.00 e. The number of ether oxygens (including phenoxy) is 1. The quantitative estimate of drug-likeness (QED) is 0.312. The van der Waals surface area contributed by atoms with Crippen LogP contribution in [0.15, 0.2) is 30.7 Å². The third-order valence-electron chi connectivity index (χ3n) is 3.37. The molecular formula is C19H20LiN3O-2. The molecule has 0 unspecified atom stereocenters. The molecule has 0 aliphatic carbocycles. The van der Waals surface area contributed by atoms with Gasteiger partial charge in [0.2, 0.25) is 0 Å². The fourth-order valence-corrected chi connectivity index (χ4v) is 2.11. The minimum absolute atomic E-state index is 0. The van der Waals surface area contributed by atoms with Crippen LogP contribution in [0.4, 0.5) is 0 Å². The monoisotopic (exact) mass is 313 g/mol. The molecule has 0 bridgehead atoms. The van der Waals surface area contributed by atoms with E-state index in [0.717, 1.165) is 22.3 Å². The van der Waals surface area contributed by atoms with Gasteiger partial charge in [-0.2, -0.15) is 6.07 Å². The van der Waals surface area contributed by atoms with E-state index in [-0.39, 0.29) is 18.9 Å². The van der Waals surface area contributed by atoms with E-state index in [1.165, 1.54) is 0 Å². The van der Waals surface area contributed by atoms with Crippen LogP contribution in [0.5, 0.6) is 5.75 Å². The van der Waals surface area contributed by atoms with Crippen LogP contribution >= 0.6 is 0 Å². The molecule has 1 aromatic carbocycles. The summed E-state index contributed by atoms with van der Waals surface area (Å²) >= 11 is 0. The Bertz CT molecular complexity index is 749. The van der Waals surface area contributed by atoms with E-state index >= 15 is 0 Å². The van der Waals surface area contributed by atoms with Crippen LogP contribution < -0.4 is 23.6 Å². The maximum absolute atomic E-state index is 5.70. The molecule has 0 N–H and O–H groups in total. The number of allylic oxidation sites excluding steroid dienone is 1. The number of hydrogen-bond acceptors (Lipinski definition) is 4. The van der Waals surface area contributed by atoms with Gasteiger partial charge < -0.3 is 16.6 Å². The van der Waals surface area contributed by atoms with Crippen LogP contribution in [-0.2, 0) is 0 Å². The summed E-state index contributed by atoms with van der Waals surface area (Å²) in [5.74, 6) is 6.45. The molecular weight excluding hydrogens is 293 g/mol. The van der Waals surface area contributed by atoms with Gasteiger partial charge in [0.1, 0.15) is 6.33 Å². The molecule has 2 aromatic rings. The van der Waals surface area contributed by atoms with E-state index in [2.05, 4.69) is 41.4 Å². The first-order valence-corrected chi connectivity index (χ1v) is 7.39. The average Bonchev–Trinajstić information content (AvgIpc) is 2.55. The molecule has 0 fully saturated rings. The van der Waals surface area contributed by atoms with Gasteiger partial charge in [-0.3, -0.25) is 16.4 Å². The van der Waals surface area contributed by atoms with Gasteiger partial charge in [-0.15, -0.1) is 25.2 Å². The van der Waals surface area contributed by atoms with Crippen LogP contribution in [-0.4, -0.2) is 34.6 Å². The number of rotatable bonds is 7. The number of aryl methyl sites for hydroxylation is 1. The van der Waals surface area contributed by atoms with E-state index in [9.17, 15) is 0 Å². The Morgan fingerprint density at radius 1 is 1.50 bits per heavy atom. The molecule has 0 atom stereocenters. The first kappa shape index (κ1) is 20.1. The summed E-state index contributed by atoms with van der Waals surface area (Å²) in [6.07, 6.45) is 3.57. The molecule has 1 aromatic heterocycles. The molecule has 1 heterocycles. The molecule has 0 saturated carbocycles. The summed E-state index contributed by atoms with van der Waals surface area (Å²) in [7, 11) is 0. The summed E-state index contributed by atoms with van der Waals surface area (Å²) in [6.45, 7) is 13.3. The summed E-state index contributed by atoms with van der Waals surface area (Å²) in [6, 6.07) is 6.84. The predicted molar refractivity (Wildman–Crippen MR) is 92.4 cm³/mol. The van der Waals surface area contributed by atoms with Crippen LogP contribution in [0.2, 0.25) is 0 Å². The number of benzene rings is 1. The second kappa shape index (κ2) is 10.0. The van der Waals surface area contributed by atoms with Crippen molar-refractivity contribution in [1.29, 1.82) is 0 Å². The van der Waals surface area contributed by atoms with E-state index in [1.807, 2.05) is 30.4 Å². The SMILES string of the molecule is C=C(C#CC)N(C[CH2-])C[CH-]COc1[c-]cc2c(C)ncnc2c1.[Li+]. The summed E-state index contributed by atoms with van der Waals surface area (Å²) in [4.78, 5) is 10.4. The third-order valence-corrected chi connectivity index (χ3v) is 3.37. The zero-order valence-electron chi connectivity index (χ0n) is 14.6. The van der Waals surface area contributed by atoms with E-state index in [1.54, 1.807) is 13.3 Å². The predicted octanol–water partition coefficient (Wildman–Crippen LogP) is -0.00141. The van der Waals surface area contributed by atoms with E-state index in [4.69, 9.17) is 4.74 Å². The second-order valence-corrected chi connectivity index (χ2v) is 4.92. The van der Waals surface area contributed by atoms with Gasteiger partial charge in [-0.25, -0.2) is 0 Å². The molecule has 5 heteroatoms. The Labute approximate surface area is 156 Å². The Kier molecular flexibility index (Phi) is 8.40. The van der Waals surface area contributed by atoms with Crippen molar-refractivity contribution >= 4 is 10.9 Å². The minimum Gasteiger partial charge on any atom is -0.551 e. The fourth-order valence-electron chi connectivity index (χ4n) is 2.11. The molecule has 0 radical (unpaired) electrons. The fraction of sp³-hybridized carbons (Fsp3) is 0.263. The largest absolute Gasteiger partial charge is 1.00 e. The number of hydrogen-bond donors (Lipinski definition) is 0. The van der Waals surface area contributed by atoms with E-state index < -0.39 is 0 Å². The molecule has 4 nitrogen and oxygen atoms in total. The number of nitrogens with zero attached hydrogens (tertiary/aromatic N) is 3. The van der Waals surface area contributed by atoms with Crippen molar-refractivity contribution in [2.75, 3.05) is 19.7 Å². The van der Waals surface area contributed by atoms with Gasteiger partial charge >= 0.3 is 18.9 Å². The Balaban J connectivity index is 0.00000288. The smallest absolute Gasteiger partial charge is 0.551 e. The van der Waals surface area contributed by atoms with Crippen LogP contribution in [0, 0.1) is 38.2 Å². The molecule has 0 aliphatic heterocycles. The molecule has 0 amide bonds. The Morgan fingerprint density at radius 2 is 2.29 bits per heavy atom. The topological polar surface area (TPSA) is 38.2 Å². The minimum atomic E-state index is 0. The maximum atomic E-state index is 5.70. The van der Waals surface area contributed by atoms with Gasteiger partial charge in [0.25, 0.3) is 0 Å². The standard InChI is InChI=1S/C19H20N3O.Li/c1-5-8-15(3)22(6-2)11-7-12-23-17-9-10-18-16(4)20-14-21-19(18)13-17;/h7,10,13-14H,2-3,6,11-12H2,1,4H3;/q-3;+1. The van der Waals surface area contributed by atoms with Crippen molar-refractivity contribution in [2.24, 2.45) is 0 Å². The molecule has 0 aliphatic rings. The third kappa shape index (κ3) is 5.30. The van der Waals surface area contributed by atoms with Gasteiger partial charge in [0.05, 0.1) is 5.70 Å². The van der Waals surface area contributed by atoms with Gasteiger partial charge in [0, 0.05) is 5.75 Å². The van der Waals surface area contributed by atoms with Crippen LogP contribution in [0.25, 0.3) is 10.9 Å². The molecule has 2 rings (SSSR count). The van der Waals surface area contributed by atoms with Gasteiger partial charge in [-0.1, -0.05) is 23.8 Å².